The number of pyridine rings is 1. The Morgan fingerprint density at radius 1 is 1.00 bits per heavy atom. The van der Waals surface area contributed by atoms with E-state index in [0.717, 1.165) is 24.3 Å². The first kappa shape index (κ1) is 25.3. The van der Waals surface area contributed by atoms with Gasteiger partial charge in [-0.25, -0.2) is 4.39 Å². The Morgan fingerprint density at radius 2 is 1.69 bits per heavy atom. The van der Waals surface area contributed by atoms with Crippen molar-refractivity contribution < 1.29 is 40.3 Å². The number of H-pyrrole nitrogens is 1. The predicted octanol–water partition coefficient (Wildman–Crippen LogP) is 6.48. The number of halogens is 7. The molecule has 3 aromatic rings. The van der Waals surface area contributed by atoms with Crippen molar-refractivity contribution in [3.05, 3.63) is 87.1 Å². The highest BCUT2D eigenvalue weighted by molar-refractivity contribution is 6.06. The fourth-order valence-electron chi connectivity index (χ4n) is 3.87. The lowest BCUT2D eigenvalue weighted by Gasteiger charge is -2.25. The van der Waals surface area contributed by atoms with E-state index in [1.54, 1.807) is 0 Å². The Bertz CT molecular complexity index is 1390. The second-order valence-corrected chi connectivity index (χ2v) is 8.38. The number of alkyl halides is 6. The van der Waals surface area contributed by atoms with Crippen LogP contribution in [0.1, 0.15) is 39.9 Å². The fourth-order valence-corrected chi connectivity index (χ4v) is 3.87. The monoisotopic (exact) mass is 514 g/mol. The number of nitrogens with one attached hydrogen (secondary N) is 2. The minimum atomic E-state index is -5.20. The summed E-state index contributed by atoms with van der Waals surface area (Å²) in [5.74, 6) is -2.57. The predicted molar refractivity (Wildman–Crippen MR) is 115 cm³/mol. The topological polar surface area (TPSA) is 71.2 Å². The zero-order chi connectivity index (χ0) is 26.5. The van der Waals surface area contributed by atoms with E-state index >= 15 is 0 Å². The van der Waals surface area contributed by atoms with Crippen LogP contribution in [-0.2, 0) is 11.6 Å². The van der Waals surface area contributed by atoms with Gasteiger partial charge in [0.25, 0.3) is 5.91 Å². The smallest absolute Gasteiger partial charge is 0.416 e. The molecule has 1 saturated carbocycles. The van der Waals surface area contributed by atoms with Gasteiger partial charge in [0.2, 0.25) is 5.56 Å². The number of aryl methyl sites for hydroxylation is 1. The minimum absolute atomic E-state index is 0.0499. The number of carbonyl (C=O) groups excluding carboxylic acids is 1. The third-order valence-electron chi connectivity index (χ3n) is 5.87. The van der Waals surface area contributed by atoms with Crippen LogP contribution in [0.5, 0.6) is 11.5 Å². The summed E-state index contributed by atoms with van der Waals surface area (Å²) in [6.07, 6.45) is -10.2. The van der Waals surface area contributed by atoms with Crippen molar-refractivity contribution in [2.45, 2.75) is 37.5 Å². The maximum absolute atomic E-state index is 14.0. The maximum atomic E-state index is 14.0. The van der Waals surface area contributed by atoms with Crippen LogP contribution >= 0.6 is 0 Å². The first-order valence-corrected chi connectivity index (χ1v) is 10.5. The number of aromatic nitrogens is 1. The van der Waals surface area contributed by atoms with Crippen LogP contribution in [0.3, 0.4) is 0 Å². The quantitative estimate of drug-likeness (QED) is 0.383. The third kappa shape index (κ3) is 4.79. The Hall–Kier alpha value is -3.83. The molecule has 2 aromatic carbocycles. The number of amides is 1. The summed E-state index contributed by atoms with van der Waals surface area (Å²) in [5, 5.41) is 2.28. The number of aromatic amines is 1. The van der Waals surface area contributed by atoms with Crippen molar-refractivity contribution in [1.82, 2.24) is 4.98 Å². The summed E-state index contributed by atoms with van der Waals surface area (Å²) in [6, 6.07) is 6.24. The number of hydrogen-bond donors (Lipinski definition) is 2. The van der Waals surface area contributed by atoms with Crippen LogP contribution in [0.15, 0.2) is 53.5 Å². The molecular formula is C24H17F7N2O3. The molecule has 2 N–H and O–H groups in total. The second kappa shape index (κ2) is 8.68. The van der Waals surface area contributed by atoms with Crippen LogP contribution in [0.2, 0.25) is 0 Å². The van der Waals surface area contributed by atoms with Crippen molar-refractivity contribution in [2.24, 2.45) is 0 Å². The van der Waals surface area contributed by atoms with Crippen molar-refractivity contribution in [1.29, 1.82) is 0 Å². The van der Waals surface area contributed by atoms with Gasteiger partial charge in [0.1, 0.15) is 17.3 Å². The van der Waals surface area contributed by atoms with Gasteiger partial charge in [-0.2, -0.15) is 26.3 Å². The molecule has 1 aromatic heterocycles. The van der Waals surface area contributed by atoms with E-state index in [-0.39, 0.29) is 17.0 Å². The van der Waals surface area contributed by atoms with Crippen molar-refractivity contribution in [3.8, 4) is 11.5 Å². The van der Waals surface area contributed by atoms with E-state index in [0.29, 0.717) is 12.1 Å². The molecule has 36 heavy (non-hydrogen) atoms. The van der Waals surface area contributed by atoms with Crippen LogP contribution in [0.25, 0.3) is 0 Å². The lowest BCUT2D eigenvalue weighted by Crippen LogP contribution is -2.32. The van der Waals surface area contributed by atoms with Crippen LogP contribution in [-0.4, -0.2) is 17.1 Å². The normalized spacial score (nSPS) is 14.9. The van der Waals surface area contributed by atoms with Gasteiger partial charge in [0.05, 0.1) is 16.5 Å². The summed E-state index contributed by atoms with van der Waals surface area (Å²) in [5.41, 5.74) is -6.57. The number of anilines is 1. The zero-order valence-corrected chi connectivity index (χ0v) is 18.4. The highest BCUT2D eigenvalue weighted by Crippen LogP contribution is 2.61. The second-order valence-electron chi connectivity index (χ2n) is 8.38. The van der Waals surface area contributed by atoms with Gasteiger partial charge in [-0.1, -0.05) is 0 Å². The molecule has 5 nitrogen and oxygen atoms in total. The number of hydrogen-bond acceptors (Lipinski definition) is 3. The van der Waals surface area contributed by atoms with E-state index in [1.165, 1.54) is 19.2 Å². The van der Waals surface area contributed by atoms with Gasteiger partial charge in [-0.3, -0.25) is 9.59 Å². The molecule has 0 saturated heterocycles. The van der Waals surface area contributed by atoms with Crippen molar-refractivity contribution in [2.75, 3.05) is 5.32 Å². The Kier molecular flexibility index (Phi) is 6.09. The third-order valence-corrected chi connectivity index (χ3v) is 5.87. The van der Waals surface area contributed by atoms with Gasteiger partial charge in [-0.05, 0) is 67.3 Å². The molecule has 4 rings (SSSR count). The summed E-state index contributed by atoms with van der Waals surface area (Å²) in [6.45, 7) is 1.40. The molecule has 1 aliphatic carbocycles. The summed E-state index contributed by atoms with van der Waals surface area (Å²) >= 11 is 0. The van der Waals surface area contributed by atoms with E-state index in [1.807, 2.05) is 0 Å². The number of benzene rings is 2. The number of rotatable bonds is 5. The SMILES string of the molecule is Cc1cc(F)ccc1Oc1cc(C(F)(F)F)c(C2(C(F)(F)F)CC2)cc1C(=O)Nc1cc[nH]c(=O)c1. The maximum Gasteiger partial charge on any atom is 0.416 e. The minimum Gasteiger partial charge on any atom is -0.456 e. The number of carbonyl (C=O) groups is 1. The van der Waals surface area contributed by atoms with E-state index in [2.05, 4.69) is 10.3 Å². The molecule has 12 heteroatoms. The first-order chi connectivity index (χ1) is 16.7. The molecule has 190 valence electrons. The zero-order valence-electron chi connectivity index (χ0n) is 18.4. The van der Waals surface area contributed by atoms with Crippen molar-refractivity contribution in [3.63, 3.8) is 0 Å². The van der Waals surface area contributed by atoms with Gasteiger partial charge in [0, 0.05) is 18.0 Å². The molecular weight excluding hydrogens is 497 g/mol. The van der Waals surface area contributed by atoms with E-state index in [9.17, 15) is 40.3 Å². The lowest BCUT2D eigenvalue weighted by atomic mass is 9.88. The van der Waals surface area contributed by atoms with E-state index < -0.39 is 70.3 Å². The molecule has 0 bridgehead atoms. The molecule has 0 radical (unpaired) electrons. The van der Waals surface area contributed by atoms with Gasteiger partial charge in [0.15, 0.2) is 0 Å². The van der Waals surface area contributed by atoms with Crippen LogP contribution in [0, 0.1) is 12.7 Å². The van der Waals surface area contributed by atoms with Crippen LogP contribution in [0.4, 0.5) is 36.4 Å². The Balaban J connectivity index is 1.90. The first-order valence-electron chi connectivity index (χ1n) is 10.5. The largest absolute Gasteiger partial charge is 0.456 e. The Labute approximate surface area is 198 Å². The van der Waals surface area contributed by atoms with Gasteiger partial charge >= 0.3 is 12.4 Å². The van der Waals surface area contributed by atoms with Gasteiger partial charge in [-0.15, -0.1) is 0 Å². The summed E-state index contributed by atoms with van der Waals surface area (Å²) in [4.78, 5) is 26.9. The summed E-state index contributed by atoms with van der Waals surface area (Å²) < 4.78 is 102. The molecule has 0 atom stereocenters. The molecule has 1 heterocycles. The van der Waals surface area contributed by atoms with Crippen molar-refractivity contribution >= 4 is 11.6 Å². The molecule has 0 spiro atoms. The lowest BCUT2D eigenvalue weighted by molar-refractivity contribution is -0.165. The molecule has 1 fully saturated rings. The highest BCUT2D eigenvalue weighted by atomic mass is 19.4. The summed E-state index contributed by atoms with van der Waals surface area (Å²) in [7, 11) is 0. The fraction of sp³-hybridized carbons (Fsp3) is 0.250. The average molecular weight is 514 g/mol. The molecule has 0 unspecified atom stereocenters. The van der Waals surface area contributed by atoms with E-state index in [4.69, 9.17) is 4.74 Å². The highest BCUT2D eigenvalue weighted by Gasteiger charge is 2.66. The average Bonchev–Trinajstić information content (AvgIpc) is 3.57. The number of ether oxygens (including phenoxy) is 1. The standard InChI is InChI=1S/C24H17F7N2O3/c1-12-8-13(25)2-3-18(12)36-19-11-17(23(26,27)28)16(22(5-6-22)24(29,30)31)10-15(19)21(35)33-14-4-7-32-20(34)9-14/h2-4,7-11H,5-6H2,1H3,(H2,32,33,34,35). The molecule has 0 aliphatic heterocycles. The Morgan fingerprint density at radius 3 is 2.25 bits per heavy atom. The van der Waals surface area contributed by atoms with Gasteiger partial charge < -0.3 is 15.0 Å². The van der Waals surface area contributed by atoms with Crippen LogP contribution < -0.4 is 15.6 Å². The molecule has 1 aliphatic rings. The molecule has 1 amide bonds.